The molecule has 7 heteroatoms. The first-order valence-corrected chi connectivity index (χ1v) is 6.44. The van der Waals surface area contributed by atoms with Gasteiger partial charge in [0.1, 0.15) is 11.1 Å². The van der Waals surface area contributed by atoms with Crippen LogP contribution in [0.3, 0.4) is 0 Å². The Balaban J connectivity index is 3.43. The van der Waals surface area contributed by atoms with Crippen LogP contribution in [0.2, 0.25) is 0 Å². The molecule has 1 amide bonds. The second kappa shape index (κ2) is 5.90. The second-order valence-corrected chi connectivity index (χ2v) is 5.14. The van der Waals surface area contributed by atoms with E-state index in [1.54, 1.807) is 19.9 Å². The summed E-state index contributed by atoms with van der Waals surface area (Å²) in [5.74, 6) is -1.83. The summed E-state index contributed by atoms with van der Waals surface area (Å²) in [6.45, 7) is 6.12. The van der Waals surface area contributed by atoms with Gasteiger partial charge in [-0.25, -0.2) is 4.79 Å². The molecule has 21 heavy (non-hydrogen) atoms. The summed E-state index contributed by atoms with van der Waals surface area (Å²) in [7, 11) is 0. The Morgan fingerprint density at radius 2 is 1.95 bits per heavy atom. The minimum Gasteiger partial charge on any atom is -0.480 e. The molecule has 0 radical (unpaired) electrons. The summed E-state index contributed by atoms with van der Waals surface area (Å²) in [5, 5.41) is 20.4. The molecule has 1 N–H and O–H groups in total. The van der Waals surface area contributed by atoms with Crippen LogP contribution in [0.1, 0.15) is 36.7 Å². The van der Waals surface area contributed by atoms with Crippen molar-refractivity contribution in [2.24, 2.45) is 0 Å². The quantitative estimate of drug-likeness (QED) is 0.663. The summed E-state index contributed by atoms with van der Waals surface area (Å²) in [6, 6.07) is 4.31. The van der Waals surface area contributed by atoms with Gasteiger partial charge in [-0.15, -0.1) is 0 Å². The van der Waals surface area contributed by atoms with Gasteiger partial charge in [0.2, 0.25) is 0 Å². The maximum atomic E-state index is 12.6. The summed E-state index contributed by atoms with van der Waals surface area (Å²) >= 11 is 0. The number of amides is 1. The zero-order chi connectivity index (χ0) is 16.4. The molecule has 0 heterocycles. The number of carbonyl (C=O) groups is 2. The Labute approximate surface area is 122 Å². The number of nitrogens with zero attached hydrogens (tertiary/aromatic N) is 2. The molecule has 7 nitrogen and oxygen atoms in total. The van der Waals surface area contributed by atoms with Crippen molar-refractivity contribution in [2.75, 3.05) is 6.54 Å². The fourth-order valence-corrected chi connectivity index (χ4v) is 2.13. The Kier molecular flexibility index (Phi) is 4.67. The van der Waals surface area contributed by atoms with Crippen molar-refractivity contribution in [3.05, 3.63) is 39.4 Å². The Morgan fingerprint density at radius 3 is 2.38 bits per heavy atom. The van der Waals surface area contributed by atoms with Crippen LogP contribution in [0, 0.1) is 17.0 Å². The third-order valence-corrected chi connectivity index (χ3v) is 3.42. The maximum absolute atomic E-state index is 12.6. The molecule has 0 aromatic heterocycles. The van der Waals surface area contributed by atoms with Gasteiger partial charge in [0.05, 0.1) is 4.92 Å². The van der Waals surface area contributed by atoms with E-state index in [4.69, 9.17) is 0 Å². The molecule has 1 aromatic rings. The average Bonchev–Trinajstić information content (AvgIpc) is 2.38. The minimum absolute atomic E-state index is 0.0707. The van der Waals surface area contributed by atoms with Gasteiger partial charge in [-0.2, -0.15) is 0 Å². The first kappa shape index (κ1) is 16.6. The molecule has 0 aliphatic heterocycles. The van der Waals surface area contributed by atoms with E-state index in [1.165, 1.54) is 26.0 Å². The molecule has 1 rings (SSSR count). The zero-order valence-electron chi connectivity index (χ0n) is 12.4. The molecule has 0 aliphatic carbocycles. The Hall–Kier alpha value is -2.44. The van der Waals surface area contributed by atoms with Crippen molar-refractivity contribution < 1.29 is 19.6 Å². The Bertz CT molecular complexity index is 595. The number of rotatable bonds is 5. The van der Waals surface area contributed by atoms with Crippen LogP contribution in [-0.2, 0) is 4.79 Å². The molecule has 0 atom stereocenters. The molecule has 0 saturated heterocycles. The summed E-state index contributed by atoms with van der Waals surface area (Å²) in [4.78, 5) is 35.5. The highest BCUT2D eigenvalue weighted by Gasteiger charge is 2.39. The van der Waals surface area contributed by atoms with Gasteiger partial charge in [0.25, 0.3) is 11.6 Å². The number of carboxylic acid groups (broad SMARTS) is 1. The average molecular weight is 294 g/mol. The number of benzene rings is 1. The fraction of sp³-hybridized carbons (Fsp3) is 0.429. The lowest BCUT2D eigenvalue weighted by atomic mass is 9.99. The number of carboxylic acids is 1. The topological polar surface area (TPSA) is 101 Å². The molecule has 0 spiro atoms. The number of carbonyl (C=O) groups excluding carboxylic acids is 1. The van der Waals surface area contributed by atoms with Gasteiger partial charge < -0.3 is 10.0 Å². The third kappa shape index (κ3) is 3.01. The van der Waals surface area contributed by atoms with Crippen molar-refractivity contribution >= 4 is 17.6 Å². The molecule has 1 aromatic carbocycles. The lowest BCUT2D eigenvalue weighted by molar-refractivity contribution is -0.385. The predicted octanol–water partition coefficient (Wildman–Crippen LogP) is 2.23. The SMILES string of the molecule is CCN(C(=O)c1c(C)cccc1[N+](=O)[O-])C(C)(C)C(=O)O. The van der Waals surface area contributed by atoms with E-state index in [1.807, 2.05) is 0 Å². The van der Waals surface area contributed by atoms with Gasteiger partial charge >= 0.3 is 5.97 Å². The van der Waals surface area contributed by atoms with E-state index >= 15 is 0 Å². The first-order chi connectivity index (χ1) is 9.64. The van der Waals surface area contributed by atoms with E-state index in [2.05, 4.69) is 0 Å². The van der Waals surface area contributed by atoms with E-state index < -0.39 is 22.3 Å². The van der Waals surface area contributed by atoms with E-state index in [-0.39, 0.29) is 17.8 Å². The number of nitro groups is 1. The van der Waals surface area contributed by atoms with Gasteiger partial charge in [0, 0.05) is 12.6 Å². The fourth-order valence-electron chi connectivity index (χ4n) is 2.13. The van der Waals surface area contributed by atoms with Gasteiger partial charge in [0.15, 0.2) is 0 Å². The highest BCUT2D eigenvalue weighted by atomic mass is 16.6. The van der Waals surface area contributed by atoms with Crippen molar-refractivity contribution in [1.82, 2.24) is 4.90 Å². The predicted molar refractivity (Wildman–Crippen MR) is 76.3 cm³/mol. The van der Waals surface area contributed by atoms with E-state index in [0.717, 1.165) is 4.90 Å². The first-order valence-electron chi connectivity index (χ1n) is 6.44. The highest BCUT2D eigenvalue weighted by Crippen LogP contribution is 2.26. The number of aryl methyl sites for hydroxylation is 1. The largest absolute Gasteiger partial charge is 0.480 e. The summed E-state index contributed by atoms with van der Waals surface area (Å²) < 4.78 is 0. The number of likely N-dealkylation sites (N-methyl/N-ethyl adjacent to an activating group) is 1. The molecule has 114 valence electrons. The van der Waals surface area contributed by atoms with Crippen LogP contribution in [0.25, 0.3) is 0 Å². The smallest absolute Gasteiger partial charge is 0.329 e. The van der Waals surface area contributed by atoms with Gasteiger partial charge in [-0.05, 0) is 33.3 Å². The van der Waals surface area contributed by atoms with Crippen LogP contribution in [-0.4, -0.2) is 38.9 Å². The van der Waals surface area contributed by atoms with Crippen molar-refractivity contribution in [3.8, 4) is 0 Å². The van der Waals surface area contributed by atoms with Crippen LogP contribution < -0.4 is 0 Å². The molecular formula is C14H18N2O5. The van der Waals surface area contributed by atoms with E-state index in [0.29, 0.717) is 5.56 Å². The third-order valence-electron chi connectivity index (χ3n) is 3.42. The van der Waals surface area contributed by atoms with Gasteiger partial charge in [-0.1, -0.05) is 12.1 Å². The normalized spacial score (nSPS) is 11.0. The number of hydrogen-bond acceptors (Lipinski definition) is 4. The Morgan fingerprint density at radius 1 is 1.38 bits per heavy atom. The standard InChI is InChI=1S/C14H18N2O5/c1-5-15(14(3,4)13(18)19)12(17)11-9(2)7-6-8-10(11)16(20)21/h6-8H,5H2,1-4H3,(H,18,19). The zero-order valence-corrected chi connectivity index (χ0v) is 12.4. The van der Waals surface area contributed by atoms with Crippen LogP contribution in [0.15, 0.2) is 18.2 Å². The highest BCUT2D eigenvalue weighted by molar-refractivity contribution is 6.02. The molecular weight excluding hydrogens is 276 g/mol. The second-order valence-electron chi connectivity index (χ2n) is 5.14. The monoisotopic (exact) mass is 294 g/mol. The van der Waals surface area contributed by atoms with Crippen molar-refractivity contribution in [1.29, 1.82) is 0 Å². The summed E-state index contributed by atoms with van der Waals surface area (Å²) in [5.41, 5.74) is -1.41. The molecule has 0 aliphatic rings. The minimum atomic E-state index is -1.46. The van der Waals surface area contributed by atoms with Gasteiger partial charge in [-0.3, -0.25) is 14.9 Å². The van der Waals surface area contributed by atoms with Crippen LogP contribution in [0.5, 0.6) is 0 Å². The lowest BCUT2D eigenvalue weighted by Gasteiger charge is -2.34. The number of nitro benzene ring substituents is 1. The van der Waals surface area contributed by atoms with Crippen molar-refractivity contribution in [2.45, 2.75) is 33.2 Å². The summed E-state index contributed by atoms with van der Waals surface area (Å²) in [6.07, 6.45) is 0. The maximum Gasteiger partial charge on any atom is 0.329 e. The molecule has 0 saturated carbocycles. The number of hydrogen-bond donors (Lipinski definition) is 1. The molecule has 0 unspecified atom stereocenters. The van der Waals surface area contributed by atoms with Crippen LogP contribution >= 0.6 is 0 Å². The molecule has 0 fully saturated rings. The van der Waals surface area contributed by atoms with Crippen molar-refractivity contribution in [3.63, 3.8) is 0 Å². The lowest BCUT2D eigenvalue weighted by Crippen LogP contribution is -2.53. The molecule has 0 bridgehead atoms. The number of aliphatic carboxylic acids is 1. The van der Waals surface area contributed by atoms with E-state index in [9.17, 15) is 24.8 Å². The van der Waals surface area contributed by atoms with Crippen LogP contribution in [0.4, 0.5) is 5.69 Å².